The molecule has 1 aliphatic rings. The second-order valence-electron chi connectivity index (χ2n) is 8.49. The van der Waals surface area contributed by atoms with Gasteiger partial charge < -0.3 is 25.3 Å². The Morgan fingerprint density at radius 2 is 1.89 bits per heavy atom. The largest absolute Gasteiger partial charge is 0.454 e. The van der Waals surface area contributed by atoms with Crippen molar-refractivity contribution >= 4 is 56.7 Å². The zero-order chi connectivity index (χ0) is 24.4. The van der Waals surface area contributed by atoms with E-state index in [0.717, 1.165) is 25.9 Å². The molecule has 0 bridgehead atoms. The lowest BCUT2D eigenvalue weighted by Gasteiger charge is -2.29. The van der Waals surface area contributed by atoms with Gasteiger partial charge in [-0.2, -0.15) is 4.98 Å². The number of aromatic nitrogens is 3. The number of pyridine rings is 1. The van der Waals surface area contributed by atoms with E-state index in [9.17, 15) is 9.18 Å². The number of anilines is 3. The zero-order valence-corrected chi connectivity index (χ0v) is 21.8. The maximum atomic E-state index is 14.8. The van der Waals surface area contributed by atoms with Crippen LogP contribution >= 0.6 is 28.3 Å². The highest BCUT2D eigenvalue weighted by atomic mass is 79.9. The number of hydrogen-bond donors (Lipinski definition) is 3. The zero-order valence-electron chi connectivity index (χ0n) is 19.4. The van der Waals surface area contributed by atoms with Gasteiger partial charge in [0.25, 0.3) is 5.56 Å². The Morgan fingerprint density at radius 1 is 1.14 bits per heavy atom. The molecule has 5 rings (SSSR count). The third-order valence-corrected chi connectivity index (χ3v) is 6.51. The van der Waals surface area contributed by atoms with Gasteiger partial charge in [0.1, 0.15) is 17.0 Å². The van der Waals surface area contributed by atoms with E-state index in [-0.39, 0.29) is 41.0 Å². The molecule has 0 radical (unpaired) electrons. The van der Waals surface area contributed by atoms with Gasteiger partial charge in [0, 0.05) is 24.0 Å². The van der Waals surface area contributed by atoms with Crippen LogP contribution in [0, 0.1) is 5.82 Å². The molecule has 0 unspecified atom stereocenters. The number of hydrogen-bond acceptors (Lipinski definition) is 7. The Labute approximate surface area is 221 Å². The average molecular weight is 576 g/mol. The van der Waals surface area contributed by atoms with E-state index in [1.54, 1.807) is 24.4 Å². The van der Waals surface area contributed by atoms with Gasteiger partial charge >= 0.3 is 0 Å². The first-order chi connectivity index (χ1) is 17.0. The summed E-state index contributed by atoms with van der Waals surface area (Å²) >= 11 is 3.47. The molecule has 1 aliphatic heterocycles. The van der Waals surface area contributed by atoms with Crippen LogP contribution in [-0.2, 0) is 0 Å². The number of aromatic amines is 1. The van der Waals surface area contributed by atoms with Crippen LogP contribution in [0.4, 0.5) is 21.8 Å². The van der Waals surface area contributed by atoms with E-state index >= 15 is 0 Å². The van der Waals surface area contributed by atoms with Crippen LogP contribution < -0.4 is 20.9 Å². The van der Waals surface area contributed by atoms with E-state index in [1.807, 2.05) is 18.2 Å². The lowest BCUT2D eigenvalue weighted by atomic mass is 10.1. The molecular weight excluding hydrogens is 551 g/mol. The van der Waals surface area contributed by atoms with Crippen LogP contribution in [0.25, 0.3) is 10.9 Å². The van der Waals surface area contributed by atoms with Gasteiger partial charge in [-0.3, -0.25) is 4.79 Å². The Kier molecular flexibility index (Phi) is 8.07. The topological polar surface area (TPSA) is 95.2 Å². The standard InChI is InChI=1S/C25H24BrFN6O2.ClH/c1-33-11-9-15(10-12-33)30-25-31-22-18(26)14-28-24(34)21(22)23(32-25)29-16-7-8-20(19(27)13-16)35-17-5-3-2-4-6-17;/h2-8,13-15H,9-12H2,1H3,(H,28,34)(H2,29,30,31,32);1H. The fourth-order valence-corrected chi connectivity index (χ4v) is 4.42. The van der Waals surface area contributed by atoms with Crippen molar-refractivity contribution in [1.82, 2.24) is 19.9 Å². The first-order valence-electron chi connectivity index (χ1n) is 11.3. The van der Waals surface area contributed by atoms with Gasteiger partial charge in [-0.15, -0.1) is 12.4 Å². The summed E-state index contributed by atoms with van der Waals surface area (Å²) in [6, 6.07) is 13.7. The van der Waals surface area contributed by atoms with Gasteiger partial charge in [-0.25, -0.2) is 9.37 Å². The number of piperidine rings is 1. The van der Waals surface area contributed by atoms with Crippen molar-refractivity contribution < 1.29 is 9.13 Å². The summed E-state index contributed by atoms with van der Waals surface area (Å²) in [4.78, 5) is 26.8. The molecule has 0 atom stereocenters. The predicted molar refractivity (Wildman–Crippen MR) is 145 cm³/mol. The second kappa shape index (κ2) is 11.2. The van der Waals surface area contributed by atoms with E-state index in [0.29, 0.717) is 27.4 Å². The molecule has 2 aromatic heterocycles. The predicted octanol–water partition coefficient (Wildman–Crippen LogP) is 5.68. The number of benzene rings is 2. The summed E-state index contributed by atoms with van der Waals surface area (Å²) in [7, 11) is 2.10. The Hall–Kier alpha value is -3.21. The monoisotopic (exact) mass is 574 g/mol. The van der Waals surface area contributed by atoms with Crippen molar-refractivity contribution in [3.05, 3.63) is 75.4 Å². The lowest BCUT2D eigenvalue weighted by molar-refractivity contribution is 0.263. The first kappa shape index (κ1) is 25.9. The van der Waals surface area contributed by atoms with E-state index < -0.39 is 5.82 Å². The third-order valence-electron chi connectivity index (χ3n) is 5.91. The van der Waals surface area contributed by atoms with Crippen molar-refractivity contribution in [2.75, 3.05) is 30.8 Å². The van der Waals surface area contributed by atoms with E-state index in [4.69, 9.17) is 4.74 Å². The summed E-state index contributed by atoms with van der Waals surface area (Å²) in [5.74, 6) is 0.779. The number of likely N-dealkylation sites (tertiary alicyclic amines) is 1. The fraction of sp³-hybridized carbons (Fsp3) is 0.240. The van der Waals surface area contributed by atoms with Crippen LogP contribution in [-0.4, -0.2) is 46.0 Å². The Balaban J connectivity index is 0.00000304. The minimum Gasteiger partial charge on any atom is -0.454 e. The molecule has 1 fully saturated rings. The molecule has 3 N–H and O–H groups in total. The van der Waals surface area contributed by atoms with Crippen molar-refractivity contribution in [1.29, 1.82) is 0 Å². The molecule has 0 saturated carbocycles. The number of H-pyrrole nitrogens is 1. The summed E-state index contributed by atoms with van der Waals surface area (Å²) in [5.41, 5.74) is 0.541. The van der Waals surface area contributed by atoms with Gasteiger partial charge in [-0.1, -0.05) is 18.2 Å². The molecule has 11 heteroatoms. The van der Waals surface area contributed by atoms with Crippen LogP contribution in [0.5, 0.6) is 11.5 Å². The molecule has 0 spiro atoms. The summed E-state index contributed by atoms with van der Waals surface area (Å²) in [6.45, 7) is 1.97. The highest BCUT2D eigenvalue weighted by Gasteiger charge is 2.20. The average Bonchev–Trinajstić information content (AvgIpc) is 2.85. The van der Waals surface area contributed by atoms with Crippen molar-refractivity contribution in [2.45, 2.75) is 18.9 Å². The minimum atomic E-state index is -0.544. The van der Waals surface area contributed by atoms with Gasteiger partial charge in [0.15, 0.2) is 11.6 Å². The number of nitrogens with one attached hydrogen (secondary N) is 3. The Bertz CT molecular complexity index is 1410. The maximum absolute atomic E-state index is 14.8. The number of halogens is 3. The molecular formula is C25H25BrClFN6O2. The van der Waals surface area contributed by atoms with Gasteiger partial charge in [0.05, 0.1) is 9.99 Å². The number of nitrogens with zero attached hydrogens (tertiary/aromatic N) is 3. The molecule has 4 aromatic rings. The molecule has 8 nitrogen and oxygen atoms in total. The number of rotatable bonds is 6. The number of ether oxygens (including phenoxy) is 1. The van der Waals surface area contributed by atoms with Crippen LogP contribution in [0.15, 0.2) is 64.0 Å². The first-order valence-corrected chi connectivity index (χ1v) is 12.1. The van der Waals surface area contributed by atoms with E-state index in [2.05, 4.69) is 53.5 Å². The molecule has 2 aromatic carbocycles. The summed E-state index contributed by atoms with van der Waals surface area (Å²) < 4.78 is 21.1. The quantitative estimate of drug-likeness (QED) is 0.272. The number of para-hydroxylation sites is 1. The third kappa shape index (κ3) is 5.77. The second-order valence-corrected chi connectivity index (χ2v) is 9.35. The van der Waals surface area contributed by atoms with Crippen LogP contribution in [0.3, 0.4) is 0 Å². The Morgan fingerprint density at radius 3 is 2.61 bits per heavy atom. The highest BCUT2D eigenvalue weighted by Crippen LogP contribution is 2.31. The van der Waals surface area contributed by atoms with Gasteiger partial charge in [0.2, 0.25) is 5.95 Å². The van der Waals surface area contributed by atoms with Crippen molar-refractivity contribution in [2.24, 2.45) is 0 Å². The fourth-order valence-electron chi connectivity index (χ4n) is 4.02. The van der Waals surface area contributed by atoms with Crippen LogP contribution in [0.2, 0.25) is 0 Å². The molecule has 1 saturated heterocycles. The molecule has 188 valence electrons. The molecule has 36 heavy (non-hydrogen) atoms. The smallest absolute Gasteiger partial charge is 0.261 e. The molecule has 0 aliphatic carbocycles. The molecule has 3 heterocycles. The highest BCUT2D eigenvalue weighted by molar-refractivity contribution is 9.10. The van der Waals surface area contributed by atoms with Crippen LogP contribution in [0.1, 0.15) is 12.8 Å². The molecule has 0 amide bonds. The van der Waals surface area contributed by atoms with E-state index in [1.165, 1.54) is 12.1 Å². The lowest BCUT2D eigenvalue weighted by Crippen LogP contribution is -2.37. The number of fused-ring (bicyclic) bond motifs is 1. The SMILES string of the molecule is CN1CCC(Nc2nc(Nc3ccc(Oc4ccccc4)c(F)c3)c3c(=O)[nH]cc(Br)c3n2)CC1.Cl. The normalized spacial score (nSPS) is 14.3. The minimum absolute atomic E-state index is 0. The summed E-state index contributed by atoms with van der Waals surface area (Å²) in [6.07, 6.45) is 3.48. The maximum Gasteiger partial charge on any atom is 0.261 e. The van der Waals surface area contributed by atoms with Crippen molar-refractivity contribution in [3.8, 4) is 11.5 Å². The van der Waals surface area contributed by atoms with Gasteiger partial charge in [-0.05, 0) is 73.2 Å². The summed E-state index contributed by atoms with van der Waals surface area (Å²) in [5, 5.41) is 6.77. The van der Waals surface area contributed by atoms with Crippen molar-refractivity contribution in [3.63, 3.8) is 0 Å².